The number of hydrogen-bond donors (Lipinski definition) is 1. The van der Waals surface area contributed by atoms with Crippen LogP contribution < -0.4 is 4.90 Å². The Balaban J connectivity index is 1.75. The predicted molar refractivity (Wildman–Crippen MR) is 119 cm³/mol. The summed E-state index contributed by atoms with van der Waals surface area (Å²) in [6, 6.07) is 15.7. The molecule has 150 valence electrons. The molecular weight excluding hydrogens is 382 g/mol. The van der Waals surface area contributed by atoms with Crippen molar-refractivity contribution < 1.29 is 9.69 Å². The Labute approximate surface area is 177 Å². The van der Waals surface area contributed by atoms with Crippen molar-refractivity contribution in [2.45, 2.75) is 20.3 Å². The number of rotatable bonds is 4. The maximum absolute atomic E-state index is 13.5. The van der Waals surface area contributed by atoms with Crippen molar-refractivity contribution in [3.05, 3.63) is 64.7 Å². The third-order valence-electron chi connectivity index (χ3n) is 5.71. The molecule has 0 spiro atoms. The number of halogens is 1. The Bertz CT molecular complexity index is 1040. The summed E-state index contributed by atoms with van der Waals surface area (Å²) in [5, 5.41) is 1.55. The zero-order chi connectivity index (χ0) is 20.4. The van der Waals surface area contributed by atoms with Crippen LogP contribution in [-0.4, -0.2) is 48.5 Å². The molecule has 0 unspecified atom stereocenters. The van der Waals surface area contributed by atoms with Gasteiger partial charge in [0.25, 0.3) is 5.91 Å². The lowest BCUT2D eigenvalue weighted by molar-refractivity contribution is -0.904. The molecule has 0 atom stereocenters. The number of pyridine rings is 1. The lowest BCUT2D eigenvalue weighted by Crippen LogP contribution is -3.14. The lowest BCUT2D eigenvalue weighted by Gasteiger charge is -2.32. The molecule has 1 saturated heterocycles. The van der Waals surface area contributed by atoms with Gasteiger partial charge in [-0.25, -0.2) is 4.98 Å². The van der Waals surface area contributed by atoms with Gasteiger partial charge in [-0.3, -0.25) is 4.79 Å². The fourth-order valence-corrected chi connectivity index (χ4v) is 4.36. The second kappa shape index (κ2) is 8.52. The van der Waals surface area contributed by atoms with Gasteiger partial charge in [-0.2, -0.15) is 0 Å². The monoisotopic (exact) mass is 408 g/mol. The Kier molecular flexibility index (Phi) is 5.84. The Morgan fingerprint density at radius 2 is 1.90 bits per heavy atom. The Hall–Kier alpha value is -2.43. The van der Waals surface area contributed by atoms with Gasteiger partial charge in [-0.05, 0) is 37.6 Å². The third-order valence-corrected chi connectivity index (χ3v) is 6.04. The van der Waals surface area contributed by atoms with Gasteiger partial charge in [-0.15, -0.1) is 0 Å². The number of aromatic nitrogens is 1. The van der Waals surface area contributed by atoms with E-state index in [1.807, 2.05) is 54.3 Å². The van der Waals surface area contributed by atoms with E-state index in [4.69, 9.17) is 16.6 Å². The summed E-state index contributed by atoms with van der Waals surface area (Å²) in [7, 11) is 0. The van der Waals surface area contributed by atoms with Crippen molar-refractivity contribution in [2.24, 2.45) is 0 Å². The van der Waals surface area contributed by atoms with Crippen molar-refractivity contribution in [1.29, 1.82) is 0 Å². The highest BCUT2D eigenvalue weighted by molar-refractivity contribution is 6.33. The zero-order valence-electron chi connectivity index (χ0n) is 17.0. The van der Waals surface area contributed by atoms with Gasteiger partial charge >= 0.3 is 0 Å². The second-order valence-corrected chi connectivity index (χ2v) is 8.25. The average molecular weight is 409 g/mol. The Morgan fingerprint density at radius 3 is 2.62 bits per heavy atom. The third kappa shape index (κ3) is 4.14. The zero-order valence-corrected chi connectivity index (χ0v) is 17.8. The molecule has 4 rings (SSSR count). The van der Waals surface area contributed by atoms with Crippen LogP contribution in [0, 0.1) is 6.92 Å². The molecule has 1 N–H and O–H groups in total. The molecule has 5 heteroatoms. The van der Waals surface area contributed by atoms with Gasteiger partial charge in [0.05, 0.1) is 49.5 Å². The summed E-state index contributed by atoms with van der Waals surface area (Å²) < 4.78 is 0. The molecule has 2 heterocycles. The van der Waals surface area contributed by atoms with Crippen LogP contribution in [0.4, 0.5) is 0 Å². The van der Waals surface area contributed by atoms with Crippen LogP contribution in [0.25, 0.3) is 22.2 Å². The summed E-state index contributed by atoms with van der Waals surface area (Å²) >= 11 is 6.42. The van der Waals surface area contributed by atoms with Crippen LogP contribution in [0.15, 0.2) is 48.5 Å². The molecule has 1 aliphatic heterocycles. The molecule has 1 amide bonds. The van der Waals surface area contributed by atoms with Crippen LogP contribution in [0.2, 0.25) is 5.02 Å². The predicted octanol–water partition coefficient (Wildman–Crippen LogP) is 3.61. The van der Waals surface area contributed by atoms with E-state index in [9.17, 15) is 4.79 Å². The highest BCUT2D eigenvalue weighted by Crippen LogP contribution is 2.30. The smallest absolute Gasteiger partial charge is 0.255 e. The standard InChI is InChI=1S/C24H26ClN3O/c1-3-10-27-11-13-28(14-12-27)24(29)20-16-23(18-6-4-5-7-21(18)25)26-22-9-8-17(2)15-19(20)22/h4-9,15-16H,3,10-14H2,1-2H3/p+1. The number of hydrogen-bond acceptors (Lipinski definition) is 2. The maximum Gasteiger partial charge on any atom is 0.255 e. The molecule has 4 nitrogen and oxygen atoms in total. The van der Waals surface area contributed by atoms with Gasteiger partial charge in [0.1, 0.15) is 0 Å². The van der Waals surface area contributed by atoms with E-state index in [0.717, 1.165) is 53.9 Å². The van der Waals surface area contributed by atoms with Crippen molar-refractivity contribution in [3.63, 3.8) is 0 Å². The topological polar surface area (TPSA) is 37.6 Å². The SMILES string of the molecule is CCC[NH+]1CCN(C(=O)c2cc(-c3ccccc3Cl)nc3ccc(C)cc23)CC1. The summed E-state index contributed by atoms with van der Waals surface area (Å²) in [6.45, 7) is 9.05. The van der Waals surface area contributed by atoms with Gasteiger partial charge in [0.15, 0.2) is 0 Å². The van der Waals surface area contributed by atoms with Gasteiger partial charge in [-0.1, -0.05) is 48.4 Å². The number of nitrogens with one attached hydrogen (secondary N) is 1. The molecule has 0 bridgehead atoms. The summed E-state index contributed by atoms with van der Waals surface area (Å²) in [5.74, 6) is 0.0897. The van der Waals surface area contributed by atoms with E-state index >= 15 is 0 Å². The number of piperazine rings is 1. The molecule has 2 aromatic carbocycles. The van der Waals surface area contributed by atoms with Crippen LogP contribution in [-0.2, 0) is 0 Å². The highest BCUT2D eigenvalue weighted by Gasteiger charge is 2.26. The van der Waals surface area contributed by atoms with Gasteiger partial charge in [0.2, 0.25) is 0 Å². The van der Waals surface area contributed by atoms with Crippen LogP contribution in [0.3, 0.4) is 0 Å². The number of amides is 1. The molecule has 0 aliphatic carbocycles. The number of benzene rings is 2. The van der Waals surface area contributed by atoms with Crippen molar-refractivity contribution in [2.75, 3.05) is 32.7 Å². The van der Waals surface area contributed by atoms with Gasteiger partial charge in [0, 0.05) is 16.0 Å². The number of aryl methyl sites for hydroxylation is 1. The molecule has 3 aromatic rings. The van der Waals surface area contributed by atoms with E-state index in [1.54, 1.807) is 4.90 Å². The molecule has 29 heavy (non-hydrogen) atoms. The largest absolute Gasteiger partial charge is 0.332 e. The number of nitrogens with zero attached hydrogens (tertiary/aromatic N) is 2. The van der Waals surface area contributed by atoms with E-state index < -0.39 is 0 Å². The van der Waals surface area contributed by atoms with E-state index in [1.165, 1.54) is 13.0 Å². The lowest BCUT2D eigenvalue weighted by atomic mass is 10.0. The van der Waals surface area contributed by atoms with Gasteiger partial charge < -0.3 is 9.80 Å². The second-order valence-electron chi connectivity index (χ2n) is 7.85. The molecule has 0 saturated carbocycles. The first kappa shape index (κ1) is 19.9. The van der Waals surface area contributed by atoms with Crippen LogP contribution in [0.5, 0.6) is 0 Å². The van der Waals surface area contributed by atoms with Crippen LogP contribution in [0.1, 0.15) is 29.3 Å². The highest BCUT2D eigenvalue weighted by atomic mass is 35.5. The first-order valence-electron chi connectivity index (χ1n) is 10.4. The van der Waals surface area contributed by atoms with Crippen molar-refractivity contribution in [1.82, 2.24) is 9.88 Å². The average Bonchev–Trinajstić information content (AvgIpc) is 2.74. The summed E-state index contributed by atoms with van der Waals surface area (Å²) in [6.07, 6.45) is 1.18. The van der Waals surface area contributed by atoms with E-state index in [0.29, 0.717) is 10.6 Å². The Morgan fingerprint density at radius 1 is 1.14 bits per heavy atom. The first-order chi connectivity index (χ1) is 14.1. The molecule has 1 aromatic heterocycles. The molecular formula is C24H27ClN3O+. The number of carbonyl (C=O) groups is 1. The minimum atomic E-state index is 0.0897. The number of quaternary nitrogens is 1. The van der Waals surface area contributed by atoms with E-state index in [2.05, 4.69) is 13.0 Å². The molecule has 1 fully saturated rings. The normalized spacial score (nSPS) is 15.1. The number of carbonyl (C=O) groups excluding carboxylic acids is 1. The quantitative estimate of drug-likeness (QED) is 0.716. The van der Waals surface area contributed by atoms with E-state index in [-0.39, 0.29) is 5.91 Å². The first-order valence-corrected chi connectivity index (χ1v) is 10.7. The molecule has 1 aliphatic rings. The van der Waals surface area contributed by atoms with Crippen molar-refractivity contribution >= 4 is 28.4 Å². The van der Waals surface area contributed by atoms with Crippen molar-refractivity contribution in [3.8, 4) is 11.3 Å². The fourth-order valence-electron chi connectivity index (χ4n) is 4.12. The van der Waals surface area contributed by atoms with Crippen LogP contribution >= 0.6 is 11.6 Å². The summed E-state index contributed by atoms with van der Waals surface area (Å²) in [5.41, 5.74) is 4.25. The minimum absolute atomic E-state index is 0.0897. The minimum Gasteiger partial charge on any atom is -0.332 e. The molecule has 0 radical (unpaired) electrons. The fraction of sp³-hybridized carbons (Fsp3) is 0.333. The maximum atomic E-state index is 13.5. The number of fused-ring (bicyclic) bond motifs is 1. The summed E-state index contributed by atoms with van der Waals surface area (Å²) in [4.78, 5) is 21.9.